The van der Waals surface area contributed by atoms with Gasteiger partial charge in [0.25, 0.3) is 0 Å². The van der Waals surface area contributed by atoms with Gasteiger partial charge in [-0.2, -0.15) is 0 Å². The van der Waals surface area contributed by atoms with Crippen molar-refractivity contribution < 1.29 is 14.3 Å². The first-order valence-corrected chi connectivity index (χ1v) is 9.14. The van der Waals surface area contributed by atoms with Crippen LogP contribution < -0.4 is 10.4 Å². The van der Waals surface area contributed by atoms with E-state index >= 15 is 0 Å². The van der Waals surface area contributed by atoms with E-state index in [1.165, 1.54) is 11.8 Å². The number of ether oxygens (including phenoxy) is 1. The Morgan fingerprint density at radius 1 is 0.926 bits per heavy atom. The molecule has 0 atom stereocenters. The molecule has 134 valence electrons. The van der Waals surface area contributed by atoms with Gasteiger partial charge >= 0.3 is 5.63 Å². The van der Waals surface area contributed by atoms with Gasteiger partial charge in [-0.15, -0.1) is 0 Å². The lowest BCUT2D eigenvalue weighted by molar-refractivity contribution is 0.415. The summed E-state index contributed by atoms with van der Waals surface area (Å²) in [5.74, 6) is 1.50. The third-order valence-corrected chi connectivity index (χ3v) is 5.19. The SMILES string of the molecule is COc1ccc(-c2c3cccc(Sc4ccc(O)cc4)cc-3oc2=O)cc1. The maximum atomic E-state index is 12.5. The minimum atomic E-state index is -0.359. The van der Waals surface area contributed by atoms with Gasteiger partial charge in [-0.05, 0) is 54.1 Å². The van der Waals surface area contributed by atoms with Gasteiger partial charge in [-0.1, -0.05) is 36.0 Å². The number of rotatable bonds is 4. The fraction of sp³-hybridized carbons (Fsp3) is 0.0455. The fourth-order valence-corrected chi connectivity index (χ4v) is 3.73. The van der Waals surface area contributed by atoms with Crippen LogP contribution in [0.25, 0.3) is 22.5 Å². The van der Waals surface area contributed by atoms with Crippen molar-refractivity contribution in [1.82, 2.24) is 0 Å². The molecule has 2 aromatic carbocycles. The molecule has 4 rings (SSSR count). The lowest BCUT2D eigenvalue weighted by Gasteiger charge is -2.02. The van der Waals surface area contributed by atoms with Crippen LogP contribution >= 0.6 is 11.8 Å². The third kappa shape index (κ3) is 3.55. The minimum Gasteiger partial charge on any atom is -0.508 e. The summed E-state index contributed by atoms with van der Waals surface area (Å²) in [6, 6.07) is 21.9. The molecule has 0 amide bonds. The number of hydrogen-bond donors (Lipinski definition) is 1. The zero-order chi connectivity index (χ0) is 18.8. The number of fused-ring (bicyclic) bond motifs is 1. The minimum absolute atomic E-state index is 0.228. The Balaban J connectivity index is 1.72. The average Bonchev–Trinajstić information content (AvgIpc) is 2.85. The Bertz CT molecular complexity index is 1100. The van der Waals surface area contributed by atoms with Gasteiger partial charge in [0.15, 0.2) is 0 Å². The average molecular weight is 376 g/mol. The molecule has 27 heavy (non-hydrogen) atoms. The van der Waals surface area contributed by atoms with Gasteiger partial charge < -0.3 is 14.3 Å². The topological polar surface area (TPSA) is 59.7 Å². The van der Waals surface area contributed by atoms with Crippen LogP contribution in [0.4, 0.5) is 0 Å². The Kier molecular flexibility index (Phi) is 4.60. The van der Waals surface area contributed by atoms with E-state index in [2.05, 4.69) is 0 Å². The molecule has 2 aromatic rings. The maximum absolute atomic E-state index is 12.5. The number of hydrogen-bond acceptors (Lipinski definition) is 5. The van der Waals surface area contributed by atoms with Gasteiger partial charge in [-0.3, -0.25) is 0 Å². The predicted octanol–water partition coefficient (Wildman–Crippen LogP) is 5.28. The molecule has 5 heteroatoms. The van der Waals surface area contributed by atoms with Crippen molar-refractivity contribution >= 4 is 11.8 Å². The van der Waals surface area contributed by atoms with Gasteiger partial charge in [0.1, 0.15) is 17.3 Å². The van der Waals surface area contributed by atoms with Gasteiger partial charge in [0, 0.05) is 15.4 Å². The number of furan rings is 1. The summed E-state index contributed by atoms with van der Waals surface area (Å²) in [6.45, 7) is 0. The Labute approximate surface area is 160 Å². The Hall–Kier alpha value is -3.18. The van der Waals surface area contributed by atoms with E-state index in [4.69, 9.17) is 9.15 Å². The molecule has 0 saturated carbocycles. The number of phenolic OH excluding ortho intramolecular Hbond substituents is 1. The van der Waals surface area contributed by atoms with Crippen LogP contribution in [0.15, 0.2) is 91.8 Å². The molecule has 0 fully saturated rings. The molecule has 0 saturated heterocycles. The molecule has 0 unspecified atom stereocenters. The van der Waals surface area contributed by atoms with Crippen molar-refractivity contribution in [3.8, 4) is 33.9 Å². The van der Waals surface area contributed by atoms with Crippen molar-refractivity contribution in [2.24, 2.45) is 0 Å². The molecule has 2 aliphatic rings. The lowest BCUT2D eigenvalue weighted by Crippen LogP contribution is -1.95. The quantitative estimate of drug-likeness (QED) is 0.525. The van der Waals surface area contributed by atoms with Crippen molar-refractivity contribution in [3.63, 3.8) is 0 Å². The van der Waals surface area contributed by atoms with Crippen LogP contribution in [0.2, 0.25) is 0 Å². The first-order chi connectivity index (χ1) is 13.1. The fourth-order valence-electron chi connectivity index (χ4n) is 2.87. The molecule has 0 bridgehead atoms. The molecule has 1 N–H and O–H groups in total. The summed E-state index contributed by atoms with van der Waals surface area (Å²) in [5.41, 5.74) is 1.74. The number of phenols is 1. The highest BCUT2D eigenvalue weighted by atomic mass is 32.2. The number of methoxy groups -OCH3 is 1. The van der Waals surface area contributed by atoms with E-state index < -0.39 is 0 Å². The summed E-state index contributed by atoms with van der Waals surface area (Å²) in [5, 5.41) is 9.41. The van der Waals surface area contributed by atoms with Crippen LogP contribution in [0.1, 0.15) is 0 Å². The molecule has 1 heterocycles. The molecule has 0 spiro atoms. The van der Waals surface area contributed by atoms with Gasteiger partial charge in [0.2, 0.25) is 0 Å². The van der Waals surface area contributed by atoms with Crippen LogP contribution in [0.3, 0.4) is 0 Å². The lowest BCUT2D eigenvalue weighted by atomic mass is 10.0. The van der Waals surface area contributed by atoms with Crippen molar-refractivity contribution in [2.75, 3.05) is 7.11 Å². The number of benzene rings is 2. The van der Waals surface area contributed by atoms with Crippen LogP contribution in [0, 0.1) is 0 Å². The summed E-state index contributed by atoms with van der Waals surface area (Å²) in [7, 11) is 1.61. The monoisotopic (exact) mass is 376 g/mol. The zero-order valence-corrected chi connectivity index (χ0v) is 15.3. The van der Waals surface area contributed by atoms with Gasteiger partial charge in [-0.25, -0.2) is 4.79 Å². The molecule has 1 aliphatic heterocycles. The second kappa shape index (κ2) is 7.21. The molecular weight excluding hydrogens is 360 g/mol. The molecule has 0 radical (unpaired) electrons. The predicted molar refractivity (Wildman–Crippen MR) is 106 cm³/mol. The first kappa shape index (κ1) is 17.2. The Morgan fingerprint density at radius 2 is 1.67 bits per heavy atom. The van der Waals surface area contributed by atoms with Crippen LogP contribution in [0.5, 0.6) is 11.5 Å². The highest BCUT2D eigenvalue weighted by molar-refractivity contribution is 7.99. The summed E-state index contributed by atoms with van der Waals surface area (Å²) >= 11 is 1.53. The van der Waals surface area contributed by atoms with Crippen molar-refractivity contribution in [2.45, 2.75) is 9.79 Å². The van der Waals surface area contributed by atoms with E-state index in [1.54, 1.807) is 19.2 Å². The standard InChI is InChI=1S/C22H16O4S/c1-25-16-9-5-14(6-10-16)21-19-4-2-3-18(13-20(19)26-22(21)24)27-17-11-7-15(23)8-12-17/h2-13,23H,1H3. The first-order valence-electron chi connectivity index (χ1n) is 8.32. The molecule has 4 nitrogen and oxygen atoms in total. The van der Waals surface area contributed by atoms with E-state index in [0.717, 1.165) is 26.7 Å². The van der Waals surface area contributed by atoms with Crippen molar-refractivity contribution in [1.29, 1.82) is 0 Å². The van der Waals surface area contributed by atoms with E-state index in [-0.39, 0.29) is 11.4 Å². The highest BCUT2D eigenvalue weighted by Crippen LogP contribution is 2.36. The maximum Gasteiger partial charge on any atom is 0.344 e. The van der Waals surface area contributed by atoms with Gasteiger partial charge in [0.05, 0.1) is 12.7 Å². The second-order valence-corrected chi connectivity index (χ2v) is 7.09. The van der Waals surface area contributed by atoms with E-state index in [0.29, 0.717) is 11.3 Å². The number of aromatic hydroxyl groups is 1. The molecule has 1 aliphatic carbocycles. The largest absolute Gasteiger partial charge is 0.508 e. The smallest absolute Gasteiger partial charge is 0.344 e. The Morgan fingerprint density at radius 3 is 2.37 bits per heavy atom. The van der Waals surface area contributed by atoms with Crippen molar-refractivity contribution in [3.05, 3.63) is 83.2 Å². The summed E-state index contributed by atoms with van der Waals surface area (Å²) in [4.78, 5) is 14.4. The van der Waals surface area contributed by atoms with E-state index in [1.807, 2.05) is 60.7 Å². The van der Waals surface area contributed by atoms with E-state index in [9.17, 15) is 9.90 Å². The van der Waals surface area contributed by atoms with Crippen LogP contribution in [-0.4, -0.2) is 12.2 Å². The zero-order valence-electron chi connectivity index (χ0n) is 14.5. The molecular formula is C22H16O4S. The van der Waals surface area contributed by atoms with Crippen LogP contribution in [-0.2, 0) is 0 Å². The third-order valence-electron chi connectivity index (χ3n) is 4.19. The summed E-state index contributed by atoms with van der Waals surface area (Å²) < 4.78 is 10.7. The normalized spacial score (nSPS) is 10.9. The second-order valence-electron chi connectivity index (χ2n) is 5.94. The highest BCUT2D eigenvalue weighted by Gasteiger charge is 2.19. The summed E-state index contributed by atoms with van der Waals surface area (Å²) in [6.07, 6.45) is 0. The molecule has 0 aromatic heterocycles.